The van der Waals surface area contributed by atoms with Crippen molar-refractivity contribution >= 4 is 23.3 Å². The number of nitrogens with one attached hydrogen (secondary N) is 2. The van der Waals surface area contributed by atoms with Crippen molar-refractivity contribution in [3.63, 3.8) is 0 Å². The molecule has 1 aliphatic carbocycles. The van der Waals surface area contributed by atoms with Crippen LogP contribution in [0, 0.1) is 5.92 Å². The molecule has 2 aliphatic rings. The third-order valence-electron chi connectivity index (χ3n) is 5.51. The van der Waals surface area contributed by atoms with Gasteiger partial charge in [0.15, 0.2) is 0 Å². The number of methoxy groups -OCH3 is 1. The number of hydrogen-bond acceptors (Lipinski definition) is 3. The fourth-order valence-corrected chi connectivity index (χ4v) is 3.74. The van der Waals surface area contributed by atoms with Gasteiger partial charge in [-0.1, -0.05) is 12.1 Å². The van der Waals surface area contributed by atoms with Crippen molar-refractivity contribution in [1.82, 2.24) is 5.32 Å². The van der Waals surface area contributed by atoms with Crippen LogP contribution in [-0.4, -0.2) is 32.1 Å². The van der Waals surface area contributed by atoms with E-state index in [1.807, 2.05) is 47.4 Å². The molecule has 0 aromatic heterocycles. The number of amides is 3. The molecule has 0 radical (unpaired) electrons. The second kappa shape index (κ2) is 8.55. The average molecular weight is 393 g/mol. The summed E-state index contributed by atoms with van der Waals surface area (Å²) in [4.78, 5) is 26.7. The summed E-state index contributed by atoms with van der Waals surface area (Å²) in [5, 5.41) is 5.79. The van der Waals surface area contributed by atoms with Crippen LogP contribution in [0.2, 0.25) is 0 Å². The van der Waals surface area contributed by atoms with Crippen molar-refractivity contribution in [3.05, 3.63) is 53.6 Å². The Bertz CT molecular complexity index is 891. The summed E-state index contributed by atoms with van der Waals surface area (Å²) in [7, 11) is 1.64. The van der Waals surface area contributed by atoms with E-state index < -0.39 is 0 Å². The summed E-state index contributed by atoms with van der Waals surface area (Å²) >= 11 is 0. The zero-order valence-corrected chi connectivity index (χ0v) is 16.7. The molecule has 2 aromatic carbocycles. The molecule has 4 rings (SSSR count). The Labute approximate surface area is 171 Å². The number of nitrogens with zero attached hydrogens (tertiary/aromatic N) is 1. The van der Waals surface area contributed by atoms with Crippen molar-refractivity contribution in [1.29, 1.82) is 0 Å². The number of urea groups is 1. The molecule has 2 aromatic rings. The van der Waals surface area contributed by atoms with Crippen LogP contribution in [0.4, 0.5) is 16.2 Å². The van der Waals surface area contributed by atoms with Crippen LogP contribution < -0.4 is 20.3 Å². The molecular weight excluding hydrogens is 366 g/mol. The summed E-state index contributed by atoms with van der Waals surface area (Å²) in [5.41, 5.74) is 4.02. The lowest BCUT2D eigenvalue weighted by Gasteiger charge is -2.30. The first kappa shape index (κ1) is 19.3. The van der Waals surface area contributed by atoms with E-state index in [-0.39, 0.29) is 17.9 Å². The van der Waals surface area contributed by atoms with Crippen LogP contribution in [0.5, 0.6) is 5.75 Å². The Balaban J connectivity index is 1.31. The number of hydrogen-bond donors (Lipinski definition) is 2. The van der Waals surface area contributed by atoms with Crippen LogP contribution >= 0.6 is 0 Å². The first-order valence-corrected chi connectivity index (χ1v) is 10.3. The molecule has 0 atom stereocenters. The largest absolute Gasteiger partial charge is 0.497 e. The maximum Gasteiger partial charge on any atom is 0.319 e. The second-order valence-corrected chi connectivity index (χ2v) is 7.69. The van der Waals surface area contributed by atoms with Gasteiger partial charge in [-0.25, -0.2) is 4.79 Å². The Morgan fingerprint density at radius 2 is 1.93 bits per heavy atom. The maximum absolute atomic E-state index is 12.5. The fraction of sp³-hybridized carbons (Fsp3) is 0.391. The van der Waals surface area contributed by atoms with E-state index in [9.17, 15) is 9.59 Å². The lowest BCUT2D eigenvalue weighted by molar-refractivity contribution is -0.119. The molecule has 3 amide bonds. The Hall–Kier alpha value is -3.02. The standard InChI is InChI=1S/C23H27N3O3/c1-29-20-9-4-16(5-10-20)12-13-24-23(28)25-19-8-11-21-18(15-19)3-2-14-26(21)22(27)17-6-7-17/h4-5,8-11,15,17H,2-3,6-7,12-14H2,1H3,(H2,24,25,28). The normalized spacial score (nSPS) is 15.4. The van der Waals surface area contributed by atoms with Gasteiger partial charge in [-0.2, -0.15) is 0 Å². The Morgan fingerprint density at radius 1 is 1.14 bits per heavy atom. The molecule has 0 saturated heterocycles. The summed E-state index contributed by atoms with van der Waals surface area (Å²) in [6, 6.07) is 13.4. The first-order valence-electron chi connectivity index (χ1n) is 10.3. The van der Waals surface area contributed by atoms with E-state index in [2.05, 4.69) is 10.6 Å². The highest BCUT2D eigenvalue weighted by atomic mass is 16.5. The van der Waals surface area contributed by atoms with Crippen LogP contribution in [0.1, 0.15) is 30.4 Å². The Kier molecular flexibility index (Phi) is 5.69. The maximum atomic E-state index is 12.5. The number of carbonyl (C=O) groups excluding carboxylic acids is 2. The van der Waals surface area contributed by atoms with Gasteiger partial charge in [0.1, 0.15) is 5.75 Å². The van der Waals surface area contributed by atoms with E-state index >= 15 is 0 Å². The van der Waals surface area contributed by atoms with Crippen LogP contribution in [0.3, 0.4) is 0 Å². The monoisotopic (exact) mass is 393 g/mol. The molecule has 0 unspecified atom stereocenters. The van der Waals surface area contributed by atoms with Gasteiger partial charge in [0.25, 0.3) is 0 Å². The topological polar surface area (TPSA) is 70.7 Å². The molecule has 6 nitrogen and oxygen atoms in total. The number of carbonyl (C=O) groups is 2. The zero-order valence-electron chi connectivity index (χ0n) is 16.7. The minimum absolute atomic E-state index is 0.218. The number of ether oxygens (including phenoxy) is 1. The van der Waals surface area contributed by atoms with Gasteiger partial charge in [0, 0.05) is 30.4 Å². The molecule has 0 bridgehead atoms. The number of anilines is 2. The van der Waals surface area contributed by atoms with E-state index in [0.29, 0.717) is 6.54 Å². The molecular formula is C23H27N3O3. The zero-order chi connectivity index (χ0) is 20.2. The van der Waals surface area contributed by atoms with E-state index in [1.54, 1.807) is 7.11 Å². The van der Waals surface area contributed by atoms with Gasteiger partial charge in [0.2, 0.25) is 5.91 Å². The summed E-state index contributed by atoms with van der Waals surface area (Å²) < 4.78 is 5.15. The van der Waals surface area contributed by atoms with Crippen molar-refractivity contribution in [2.45, 2.75) is 32.1 Å². The fourth-order valence-electron chi connectivity index (χ4n) is 3.74. The summed E-state index contributed by atoms with van der Waals surface area (Å²) in [6.45, 7) is 1.34. The molecule has 0 spiro atoms. The van der Waals surface area contributed by atoms with Gasteiger partial charge in [-0.15, -0.1) is 0 Å². The van der Waals surface area contributed by atoms with Gasteiger partial charge >= 0.3 is 6.03 Å². The number of benzene rings is 2. The molecule has 6 heteroatoms. The van der Waals surface area contributed by atoms with Gasteiger partial charge in [-0.3, -0.25) is 4.79 Å². The predicted molar refractivity (Wildman–Crippen MR) is 114 cm³/mol. The van der Waals surface area contributed by atoms with Crippen LogP contribution in [-0.2, 0) is 17.6 Å². The number of aryl methyl sites for hydroxylation is 1. The summed E-state index contributed by atoms with van der Waals surface area (Å²) in [5.74, 6) is 1.29. The molecule has 1 aliphatic heterocycles. The summed E-state index contributed by atoms with van der Waals surface area (Å²) in [6.07, 6.45) is 4.67. The highest BCUT2D eigenvalue weighted by Gasteiger charge is 2.35. The minimum Gasteiger partial charge on any atom is -0.497 e. The highest BCUT2D eigenvalue weighted by Crippen LogP contribution is 2.36. The quantitative estimate of drug-likeness (QED) is 0.785. The third-order valence-corrected chi connectivity index (χ3v) is 5.51. The lowest BCUT2D eigenvalue weighted by Crippen LogP contribution is -2.36. The molecule has 1 fully saturated rings. The number of fused-ring (bicyclic) bond motifs is 1. The van der Waals surface area contributed by atoms with E-state index in [4.69, 9.17) is 4.74 Å². The molecule has 152 valence electrons. The van der Waals surface area contributed by atoms with Crippen LogP contribution in [0.15, 0.2) is 42.5 Å². The Morgan fingerprint density at radius 3 is 2.66 bits per heavy atom. The van der Waals surface area contributed by atoms with Gasteiger partial charge in [0.05, 0.1) is 7.11 Å². The van der Waals surface area contributed by atoms with E-state index in [1.165, 1.54) is 0 Å². The molecule has 29 heavy (non-hydrogen) atoms. The molecule has 2 N–H and O–H groups in total. The van der Waals surface area contributed by atoms with Gasteiger partial charge < -0.3 is 20.3 Å². The number of rotatable bonds is 6. The smallest absolute Gasteiger partial charge is 0.319 e. The van der Waals surface area contributed by atoms with Crippen molar-refractivity contribution in [2.75, 3.05) is 30.4 Å². The van der Waals surface area contributed by atoms with Gasteiger partial charge in [-0.05, 0) is 73.6 Å². The predicted octanol–water partition coefficient (Wildman–Crippen LogP) is 3.75. The highest BCUT2D eigenvalue weighted by molar-refractivity contribution is 5.98. The first-order chi connectivity index (χ1) is 14.1. The molecule has 1 saturated carbocycles. The lowest BCUT2D eigenvalue weighted by atomic mass is 10.0. The molecule has 1 heterocycles. The third kappa shape index (κ3) is 4.70. The minimum atomic E-state index is -0.222. The SMILES string of the molecule is COc1ccc(CCNC(=O)Nc2ccc3c(c2)CCCN3C(=O)C2CC2)cc1. The second-order valence-electron chi connectivity index (χ2n) is 7.69. The van der Waals surface area contributed by atoms with Crippen LogP contribution in [0.25, 0.3) is 0 Å². The average Bonchev–Trinajstić information content (AvgIpc) is 3.58. The van der Waals surface area contributed by atoms with Crippen molar-refractivity contribution < 1.29 is 14.3 Å². The van der Waals surface area contributed by atoms with Crippen molar-refractivity contribution in [2.24, 2.45) is 5.92 Å². The van der Waals surface area contributed by atoms with Crippen molar-refractivity contribution in [3.8, 4) is 5.75 Å². The van der Waals surface area contributed by atoms with E-state index in [0.717, 1.165) is 66.9 Å².